The molecular formula is C24H32BrN3O4S. The summed E-state index contributed by atoms with van der Waals surface area (Å²) in [5.74, 6) is -0.786. The van der Waals surface area contributed by atoms with Crippen LogP contribution in [-0.4, -0.2) is 49.5 Å². The highest BCUT2D eigenvalue weighted by molar-refractivity contribution is 9.10. The molecule has 0 fully saturated rings. The molecule has 0 unspecified atom stereocenters. The number of hydrogen-bond acceptors (Lipinski definition) is 4. The zero-order valence-electron chi connectivity index (χ0n) is 19.9. The first-order valence-electron chi connectivity index (χ1n) is 10.6. The molecule has 0 saturated heterocycles. The molecule has 2 amide bonds. The Bertz CT molecular complexity index is 1110. The summed E-state index contributed by atoms with van der Waals surface area (Å²) in [6.45, 7) is 8.83. The van der Waals surface area contributed by atoms with Crippen LogP contribution in [0.5, 0.6) is 0 Å². The predicted octanol–water partition coefficient (Wildman–Crippen LogP) is 3.86. The molecule has 0 aromatic heterocycles. The van der Waals surface area contributed by atoms with Crippen molar-refractivity contribution in [1.29, 1.82) is 0 Å². The largest absolute Gasteiger partial charge is 0.350 e. The van der Waals surface area contributed by atoms with Gasteiger partial charge in [0.2, 0.25) is 21.8 Å². The minimum Gasteiger partial charge on any atom is -0.350 e. The smallest absolute Gasteiger partial charge is 0.244 e. The van der Waals surface area contributed by atoms with Crippen molar-refractivity contribution in [3.05, 3.63) is 64.1 Å². The van der Waals surface area contributed by atoms with Gasteiger partial charge >= 0.3 is 0 Å². The van der Waals surface area contributed by atoms with Crippen LogP contribution >= 0.6 is 15.9 Å². The summed E-state index contributed by atoms with van der Waals surface area (Å²) in [5, 5.41) is 2.90. The number of nitrogens with one attached hydrogen (secondary N) is 1. The zero-order chi connectivity index (χ0) is 25.0. The molecule has 7 nitrogen and oxygen atoms in total. The van der Waals surface area contributed by atoms with Gasteiger partial charge in [0.05, 0.1) is 11.9 Å². The first-order valence-corrected chi connectivity index (χ1v) is 13.2. The monoisotopic (exact) mass is 537 g/mol. The lowest BCUT2D eigenvalue weighted by molar-refractivity contribution is -0.140. The fourth-order valence-corrected chi connectivity index (χ4v) is 4.57. The van der Waals surface area contributed by atoms with Gasteiger partial charge in [-0.3, -0.25) is 13.9 Å². The normalized spacial score (nSPS) is 12.7. The molecule has 2 rings (SSSR count). The second-order valence-electron chi connectivity index (χ2n) is 9.18. The first kappa shape index (κ1) is 26.9. The highest BCUT2D eigenvalue weighted by Crippen LogP contribution is 2.21. The van der Waals surface area contributed by atoms with Crippen LogP contribution in [0, 0.1) is 6.92 Å². The highest BCUT2D eigenvalue weighted by Gasteiger charge is 2.31. The number of benzene rings is 2. The summed E-state index contributed by atoms with van der Waals surface area (Å²) < 4.78 is 27.0. The maximum Gasteiger partial charge on any atom is 0.244 e. The van der Waals surface area contributed by atoms with Crippen LogP contribution in [0.1, 0.15) is 38.8 Å². The third-order valence-corrected chi connectivity index (χ3v) is 6.51. The van der Waals surface area contributed by atoms with Crippen molar-refractivity contribution in [3.63, 3.8) is 0 Å². The maximum absolute atomic E-state index is 13.5. The summed E-state index contributed by atoms with van der Waals surface area (Å²) in [7, 11) is -3.74. The van der Waals surface area contributed by atoms with E-state index in [4.69, 9.17) is 0 Å². The van der Waals surface area contributed by atoms with Crippen LogP contribution in [0.4, 0.5) is 5.69 Å². The molecule has 2 aromatic rings. The summed E-state index contributed by atoms with van der Waals surface area (Å²) in [6, 6.07) is 13.6. The van der Waals surface area contributed by atoms with Crippen molar-refractivity contribution in [2.75, 3.05) is 17.1 Å². The first-order chi connectivity index (χ1) is 15.2. The lowest BCUT2D eigenvalue weighted by atomic mass is 10.1. The molecule has 0 bridgehead atoms. The number of hydrogen-bond donors (Lipinski definition) is 1. The van der Waals surface area contributed by atoms with E-state index in [9.17, 15) is 18.0 Å². The predicted molar refractivity (Wildman–Crippen MR) is 135 cm³/mol. The van der Waals surface area contributed by atoms with Gasteiger partial charge in [-0.2, -0.15) is 0 Å². The number of sulfonamides is 1. The summed E-state index contributed by atoms with van der Waals surface area (Å²) in [4.78, 5) is 27.8. The van der Waals surface area contributed by atoms with Crippen molar-refractivity contribution in [3.8, 4) is 0 Å². The Kier molecular flexibility index (Phi) is 8.70. The molecule has 9 heteroatoms. The number of anilines is 1. The molecule has 0 spiro atoms. The summed E-state index contributed by atoms with van der Waals surface area (Å²) in [5.41, 5.74) is 1.61. The zero-order valence-corrected chi connectivity index (χ0v) is 22.3. The number of rotatable bonds is 8. The van der Waals surface area contributed by atoms with Crippen LogP contribution in [-0.2, 0) is 26.2 Å². The molecule has 2 aromatic carbocycles. The van der Waals surface area contributed by atoms with Crippen molar-refractivity contribution in [2.24, 2.45) is 0 Å². The molecule has 0 heterocycles. The average Bonchev–Trinajstić information content (AvgIpc) is 2.67. The van der Waals surface area contributed by atoms with E-state index >= 15 is 0 Å². The minimum absolute atomic E-state index is 0.155. The summed E-state index contributed by atoms with van der Waals surface area (Å²) in [6.07, 6.45) is 1.07. The van der Waals surface area contributed by atoms with Crippen molar-refractivity contribution >= 4 is 43.5 Å². The maximum atomic E-state index is 13.5. The van der Waals surface area contributed by atoms with E-state index in [-0.39, 0.29) is 12.5 Å². The van der Waals surface area contributed by atoms with Crippen molar-refractivity contribution < 1.29 is 18.0 Å². The van der Waals surface area contributed by atoms with Gasteiger partial charge in [-0.05, 0) is 70.0 Å². The molecule has 0 radical (unpaired) electrons. The molecule has 1 atom stereocenters. The minimum atomic E-state index is -3.74. The topological polar surface area (TPSA) is 86.8 Å². The van der Waals surface area contributed by atoms with Gasteiger partial charge in [0.25, 0.3) is 0 Å². The van der Waals surface area contributed by atoms with Crippen molar-refractivity contribution in [1.82, 2.24) is 10.2 Å². The van der Waals surface area contributed by atoms with E-state index in [1.165, 1.54) is 4.90 Å². The Morgan fingerprint density at radius 3 is 2.27 bits per heavy atom. The fraction of sp³-hybridized carbons (Fsp3) is 0.417. The van der Waals surface area contributed by atoms with Crippen LogP contribution in [0.2, 0.25) is 0 Å². The summed E-state index contributed by atoms with van der Waals surface area (Å²) >= 11 is 3.43. The van der Waals surface area contributed by atoms with Crippen molar-refractivity contribution in [2.45, 2.75) is 52.7 Å². The average molecular weight is 539 g/mol. The van der Waals surface area contributed by atoms with Crippen LogP contribution in [0.3, 0.4) is 0 Å². The van der Waals surface area contributed by atoms with E-state index < -0.39 is 34.1 Å². The third-order valence-electron chi connectivity index (χ3n) is 4.88. The van der Waals surface area contributed by atoms with E-state index in [0.29, 0.717) is 5.69 Å². The highest BCUT2D eigenvalue weighted by atomic mass is 79.9. The molecule has 33 heavy (non-hydrogen) atoms. The molecule has 0 aliphatic carbocycles. The molecule has 0 aliphatic heterocycles. The van der Waals surface area contributed by atoms with E-state index in [1.54, 1.807) is 25.1 Å². The van der Waals surface area contributed by atoms with Crippen LogP contribution in [0.25, 0.3) is 0 Å². The SMILES string of the molecule is Cc1cccc(N(CC(=O)N(Cc2cccc(Br)c2)[C@@H](C)C(=O)NC(C)(C)C)S(C)(=O)=O)c1. The number of amides is 2. The number of halogens is 1. The van der Waals surface area contributed by atoms with E-state index in [2.05, 4.69) is 21.2 Å². The molecule has 180 valence electrons. The van der Waals surface area contributed by atoms with E-state index in [1.807, 2.05) is 58.0 Å². The molecule has 0 saturated carbocycles. The number of nitrogens with zero attached hydrogens (tertiary/aromatic N) is 2. The van der Waals surface area contributed by atoms with Gasteiger partial charge in [-0.1, -0.05) is 40.2 Å². The Labute approximate surface area is 205 Å². The Morgan fingerprint density at radius 1 is 1.09 bits per heavy atom. The van der Waals surface area contributed by atoms with Gasteiger partial charge in [0, 0.05) is 16.6 Å². The Balaban J connectivity index is 2.41. The standard InChI is InChI=1S/C24H32BrN3O4S/c1-17-9-7-12-21(13-17)28(33(6,31)32)16-22(29)27(15-19-10-8-11-20(25)14-19)18(2)23(30)26-24(3,4)5/h7-14,18H,15-16H2,1-6H3,(H,26,30)/t18-/m0/s1. The van der Waals surface area contributed by atoms with E-state index in [0.717, 1.165) is 26.2 Å². The molecular weight excluding hydrogens is 506 g/mol. The Morgan fingerprint density at radius 2 is 1.73 bits per heavy atom. The fourth-order valence-electron chi connectivity index (χ4n) is 3.29. The molecule has 0 aliphatic rings. The van der Waals surface area contributed by atoms with Gasteiger partial charge in [-0.15, -0.1) is 0 Å². The van der Waals surface area contributed by atoms with Gasteiger partial charge < -0.3 is 10.2 Å². The second-order valence-corrected chi connectivity index (χ2v) is 12.0. The quantitative estimate of drug-likeness (QED) is 0.553. The van der Waals surface area contributed by atoms with Gasteiger partial charge in [0.15, 0.2) is 0 Å². The second kappa shape index (κ2) is 10.7. The molecule has 1 N–H and O–H groups in total. The number of carbonyl (C=O) groups excluding carboxylic acids is 2. The lowest BCUT2D eigenvalue weighted by Gasteiger charge is -2.33. The van der Waals surface area contributed by atoms with Crippen LogP contribution in [0.15, 0.2) is 53.0 Å². The third kappa shape index (κ3) is 8.16. The van der Waals surface area contributed by atoms with Gasteiger partial charge in [-0.25, -0.2) is 8.42 Å². The Hall–Kier alpha value is -2.39. The van der Waals surface area contributed by atoms with Gasteiger partial charge in [0.1, 0.15) is 12.6 Å². The van der Waals surface area contributed by atoms with Crippen LogP contribution < -0.4 is 9.62 Å². The lowest BCUT2D eigenvalue weighted by Crippen LogP contribution is -2.54. The number of carbonyl (C=O) groups is 2. The number of aryl methyl sites for hydroxylation is 1.